The van der Waals surface area contributed by atoms with Crippen LogP contribution in [0.4, 0.5) is 13.2 Å². The first-order valence-corrected chi connectivity index (χ1v) is 8.07. The van der Waals surface area contributed by atoms with Gasteiger partial charge in [0.15, 0.2) is 0 Å². The Morgan fingerprint density at radius 1 is 1.12 bits per heavy atom. The molecule has 1 fully saturated rings. The summed E-state index contributed by atoms with van der Waals surface area (Å²) in [6.45, 7) is 0.0354. The number of aryl methyl sites for hydroxylation is 1. The Morgan fingerprint density at radius 3 is 2.46 bits per heavy atom. The number of carbonyl (C=O) groups excluding carboxylic acids is 1. The molecule has 0 N–H and O–H groups in total. The van der Waals surface area contributed by atoms with E-state index in [9.17, 15) is 18.0 Å². The third-order valence-electron chi connectivity index (χ3n) is 3.91. The van der Waals surface area contributed by atoms with Gasteiger partial charge >= 0.3 is 6.18 Å². The molecule has 0 radical (unpaired) electrons. The van der Waals surface area contributed by atoms with E-state index in [1.165, 1.54) is 4.90 Å². The average Bonchev–Trinajstić information content (AvgIpc) is 3.09. The number of rotatable bonds is 5. The standard InChI is InChI=1S/C15H17F3N6O2/c16-15(17,18)10-23-6-8-24(9-7-23)12(25)3-2-11-21-14(22-26-11)13-19-4-1-5-20-13/h1,4-5H,2-3,6-10H2. The van der Waals surface area contributed by atoms with Gasteiger partial charge in [0, 0.05) is 51.4 Å². The summed E-state index contributed by atoms with van der Waals surface area (Å²) in [4.78, 5) is 27.2. The maximum atomic E-state index is 12.4. The lowest BCUT2D eigenvalue weighted by molar-refractivity contribution is -0.151. The minimum absolute atomic E-state index is 0.146. The van der Waals surface area contributed by atoms with Crippen molar-refractivity contribution in [3.8, 4) is 11.6 Å². The van der Waals surface area contributed by atoms with Crippen LogP contribution in [0.5, 0.6) is 0 Å². The molecule has 2 aromatic rings. The van der Waals surface area contributed by atoms with Gasteiger partial charge in [0.2, 0.25) is 23.4 Å². The second kappa shape index (κ2) is 7.77. The molecule has 1 saturated heterocycles. The second-order valence-electron chi connectivity index (χ2n) is 5.86. The van der Waals surface area contributed by atoms with Crippen molar-refractivity contribution >= 4 is 5.91 Å². The Bertz CT molecular complexity index is 728. The van der Waals surface area contributed by atoms with Gasteiger partial charge in [0.25, 0.3) is 0 Å². The number of hydrogen-bond donors (Lipinski definition) is 0. The van der Waals surface area contributed by atoms with Crippen molar-refractivity contribution in [1.29, 1.82) is 0 Å². The molecule has 3 rings (SSSR count). The number of amides is 1. The Labute approximate surface area is 147 Å². The van der Waals surface area contributed by atoms with Crippen LogP contribution < -0.4 is 0 Å². The summed E-state index contributed by atoms with van der Waals surface area (Å²) in [7, 11) is 0. The molecule has 0 bridgehead atoms. The first-order chi connectivity index (χ1) is 12.4. The van der Waals surface area contributed by atoms with E-state index in [2.05, 4.69) is 20.1 Å². The lowest BCUT2D eigenvalue weighted by atomic mass is 10.2. The molecule has 26 heavy (non-hydrogen) atoms. The normalized spacial score (nSPS) is 16.0. The maximum absolute atomic E-state index is 12.4. The quantitative estimate of drug-likeness (QED) is 0.780. The summed E-state index contributed by atoms with van der Waals surface area (Å²) >= 11 is 0. The maximum Gasteiger partial charge on any atom is 0.401 e. The minimum atomic E-state index is -4.22. The number of aromatic nitrogens is 4. The summed E-state index contributed by atoms with van der Waals surface area (Å²) in [5, 5.41) is 3.77. The molecule has 0 atom stereocenters. The monoisotopic (exact) mass is 370 g/mol. The van der Waals surface area contributed by atoms with Gasteiger partial charge in [-0.25, -0.2) is 9.97 Å². The smallest absolute Gasteiger partial charge is 0.340 e. The zero-order valence-electron chi connectivity index (χ0n) is 13.8. The SMILES string of the molecule is O=C(CCc1nc(-c2ncccn2)no1)N1CCN(CC(F)(F)F)CC1. The molecule has 0 unspecified atom stereocenters. The molecule has 2 aromatic heterocycles. The van der Waals surface area contributed by atoms with Crippen LogP contribution >= 0.6 is 0 Å². The van der Waals surface area contributed by atoms with Crippen LogP contribution in [0.15, 0.2) is 23.0 Å². The van der Waals surface area contributed by atoms with Crippen LogP contribution in [-0.4, -0.2) is 74.7 Å². The van der Waals surface area contributed by atoms with E-state index in [-0.39, 0.29) is 56.6 Å². The molecular formula is C15H17F3N6O2. The first-order valence-electron chi connectivity index (χ1n) is 8.07. The van der Waals surface area contributed by atoms with Crippen LogP contribution in [0.1, 0.15) is 12.3 Å². The van der Waals surface area contributed by atoms with Gasteiger partial charge in [-0.05, 0) is 6.07 Å². The minimum Gasteiger partial charge on any atom is -0.340 e. The second-order valence-corrected chi connectivity index (χ2v) is 5.86. The van der Waals surface area contributed by atoms with E-state index in [0.717, 1.165) is 0 Å². The summed E-state index contributed by atoms with van der Waals surface area (Å²) < 4.78 is 42.2. The van der Waals surface area contributed by atoms with Gasteiger partial charge < -0.3 is 9.42 Å². The molecule has 1 aliphatic heterocycles. The average molecular weight is 370 g/mol. The summed E-state index contributed by atoms with van der Waals surface area (Å²) in [5.41, 5.74) is 0. The molecule has 140 valence electrons. The first kappa shape index (κ1) is 18.2. The van der Waals surface area contributed by atoms with Gasteiger partial charge in [-0.1, -0.05) is 5.16 Å². The van der Waals surface area contributed by atoms with E-state index >= 15 is 0 Å². The summed E-state index contributed by atoms with van der Waals surface area (Å²) in [6, 6.07) is 1.66. The predicted molar refractivity (Wildman–Crippen MR) is 82.7 cm³/mol. The molecule has 11 heteroatoms. The van der Waals surface area contributed by atoms with E-state index in [1.54, 1.807) is 23.4 Å². The number of alkyl halides is 3. The van der Waals surface area contributed by atoms with Crippen molar-refractivity contribution in [3.63, 3.8) is 0 Å². The van der Waals surface area contributed by atoms with E-state index in [0.29, 0.717) is 5.82 Å². The molecule has 1 aliphatic rings. The highest BCUT2D eigenvalue weighted by molar-refractivity contribution is 5.76. The zero-order valence-corrected chi connectivity index (χ0v) is 13.8. The lowest BCUT2D eigenvalue weighted by Crippen LogP contribution is -2.50. The molecule has 1 amide bonds. The van der Waals surface area contributed by atoms with Crippen molar-refractivity contribution in [1.82, 2.24) is 29.9 Å². The van der Waals surface area contributed by atoms with Crippen molar-refractivity contribution in [2.75, 3.05) is 32.7 Å². The van der Waals surface area contributed by atoms with Crippen LogP contribution in [0.2, 0.25) is 0 Å². The fourth-order valence-corrected chi connectivity index (χ4v) is 2.64. The topological polar surface area (TPSA) is 88.2 Å². The third kappa shape index (κ3) is 4.97. The highest BCUT2D eigenvalue weighted by Gasteiger charge is 2.32. The van der Waals surface area contributed by atoms with Crippen molar-refractivity contribution in [2.24, 2.45) is 0 Å². The highest BCUT2D eigenvalue weighted by atomic mass is 19.4. The predicted octanol–water partition coefficient (Wildman–Crippen LogP) is 1.17. The third-order valence-corrected chi connectivity index (χ3v) is 3.91. The number of hydrogen-bond acceptors (Lipinski definition) is 7. The molecule has 8 nitrogen and oxygen atoms in total. The van der Waals surface area contributed by atoms with Crippen molar-refractivity contribution in [3.05, 3.63) is 24.4 Å². The fraction of sp³-hybridized carbons (Fsp3) is 0.533. The van der Waals surface area contributed by atoms with Gasteiger partial charge in [-0.2, -0.15) is 18.2 Å². The molecule has 0 aliphatic carbocycles. The van der Waals surface area contributed by atoms with Gasteiger partial charge in [0.1, 0.15) is 0 Å². The van der Waals surface area contributed by atoms with Gasteiger partial charge in [-0.15, -0.1) is 0 Å². The largest absolute Gasteiger partial charge is 0.401 e. The number of nitrogens with zero attached hydrogens (tertiary/aromatic N) is 6. The van der Waals surface area contributed by atoms with E-state index in [1.807, 2.05) is 0 Å². The zero-order chi connectivity index (χ0) is 18.6. The Kier molecular flexibility index (Phi) is 5.45. The number of halogens is 3. The van der Waals surface area contributed by atoms with Crippen LogP contribution in [0.3, 0.4) is 0 Å². The molecule has 0 saturated carbocycles. The van der Waals surface area contributed by atoms with E-state index in [4.69, 9.17) is 4.52 Å². The van der Waals surface area contributed by atoms with Crippen LogP contribution in [0.25, 0.3) is 11.6 Å². The number of piperazine rings is 1. The number of carbonyl (C=O) groups is 1. The van der Waals surface area contributed by atoms with Gasteiger partial charge in [0.05, 0.1) is 6.54 Å². The highest BCUT2D eigenvalue weighted by Crippen LogP contribution is 2.18. The van der Waals surface area contributed by atoms with Crippen molar-refractivity contribution < 1.29 is 22.5 Å². The molecule has 0 aromatic carbocycles. The van der Waals surface area contributed by atoms with E-state index < -0.39 is 12.7 Å². The Hall–Kier alpha value is -2.56. The Morgan fingerprint density at radius 2 is 1.81 bits per heavy atom. The molecule has 3 heterocycles. The molecule has 0 spiro atoms. The summed E-state index contributed by atoms with van der Waals surface area (Å²) in [6.07, 6.45) is -0.705. The fourth-order valence-electron chi connectivity index (χ4n) is 2.64. The Balaban J connectivity index is 1.46. The lowest BCUT2D eigenvalue weighted by Gasteiger charge is -2.35. The van der Waals surface area contributed by atoms with Crippen LogP contribution in [-0.2, 0) is 11.2 Å². The summed E-state index contributed by atoms with van der Waals surface area (Å²) in [5.74, 6) is 0.715. The van der Waals surface area contributed by atoms with Crippen molar-refractivity contribution in [2.45, 2.75) is 19.0 Å². The van der Waals surface area contributed by atoms with Gasteiger partial charge in [-0.3, -0.25) is 9.69 Å². The van der Waals surface area contributed by atoms with Crippen LogP contribution in [0, 0.1) is 0 Å². The molecular weight excluding hydrogens is 353 g/mol.